The number of hydrogen-bond acceptors (Lipinski definition) is 6. The van der Waals surface area contributed by atoms with Crippen LogP contribution in [0.4, 0.5) is 5.69 Å². The molecule has 1 aromatic heterocycles. The molecular weight excluding hydrogens is 304 g/mol. The molecule has 1 atom stereocenters. The summed E-state index contributed by atoms with van der Waals surface area (Å²) in [5.41, 5.74) is 1.23. The van der Waals surface area contributed by atoms with Gasteiger partial charge in [0.05, 0.1) is 19.3 Å². The van der Waals surface area contributed by atoms with E-state index in [0.29, 0.717) is 6.54 Å². The Hall–Kier alpha value is -1.21. The van der Waals surface area contributed by atoms with Crippen LogP contribution in [-0.2, 0) is 4.74 Å². The molecule has 0 bridgehead atoms. The third kappa shape index (κ3) is 4.45. The summed E-state index contributed by atoms with van der Waals surface area (Å²) < 4.78 is 5.48. The van der Waals surface area contributed by atoms with Gasteiger partial charge in [-0.05, 0) is 26.0 Å². The van der Waals surface area contributed by atoms with Crippen LogP contribution in [0.5, 0.6) is 0 Å². The number of anilines is 1. The highest BCUT2D eigenvalue weighted by atomic mass is 16.5. The maximum absolute atomic E-state index is 10.5. The molecule has 3 rings (SSSR count). The molecule has 1 N–H and O–H groups in total. The Balaban J connectivity index is 1.61. The SMILES string of the molecule is CC(C)(CN1CCN(c2ccncc2)CC(O)C1)N1CCOCC1. The van der Waals surface area contributed by atoms with Gasteiger partial charge in [0, 0.05) is 69.4 Å². The zero-order valence-corrected chi connectivity index (χ0v) is 14.9. The number of nitrogens with zero attached hydrogens (tertiary/aromatic N) is 4. The average molecular weight is 334 g/mol. The minimum absolute atomic E-state index is 0.0926. The molecule has 0 aliphatic carbocycles. The minimum Gasteiger partial charge on any atom is -0.390 e. The van der Waals surface area contributed by atoms with Gasteiger partial charge in [-0.1, -0.05) is 0 Å². The number of rotatable bonds is 4. The third-order valence-electron chi connectivity index (χ3n) is 5.09. The van der Waals surface area contributed by atoms with Crippen LogP contribution in [0.15, 0.2) is 24.5 Å². The highest BCUT2D eigenvalue weighted by Gasteiger charge is 2.32. The Kier molecular flexibility index (Phi) is 5.71. The molecule has 2 aliphatic heterocycles. The van der Waals surface area contributed by atoms with E-state index in [1.807, 2.05) is 24.5 Å². The van der Waals surface area contributed by atoms with Crippen LogP contribution in [0.3, 0.4) is 0 Å². The summed E-state index contributed by atoms with van der Waals surface area (Å²) in [6.45, 7) is 12.5. The number of β-amino-alcohol motifs (C(OH)–C–C–N with tert-alkyl or cyclic N) is 1. The van der Waals surface area contributed by atoms with Crippen LogP contribution in [-0.4, -0.2) is 90.6 Å². The van der Waals surface area contributed by atoms with Gasteiger partial charge in [-0.25, -0.2) is 0 Å². The van der Waals surface area contributed by atoms with Crippen molar-refractivity contribution in [3.8, 4) is 0 Å². The van der Waals surface area contributed by atoms with Crippen molar-refractivity contribution in [2.45, 2.75) is 25.5 Å². The van der Waals surface area contributed by atoms with Crippen LogP contribution in [0.1, 0.15) is 13.8 Å². The Morgan fingerprint density at radius 3 is 2.54 bits per heavy atom. The second kappa shape index (κ2) is 7.78. The standard InChI is InChI=1S/C18H30N4O2/c1-18(2,22-9-11-24-12-10-22)15-20-7-8-21(14-17(23)13-20)16-3-5-19-6-4-16/h3-6,17,23H,7-15H2,1-2H3. The van der Waals surface area contributed by atoms with E-state index in [0.717, 1.165) is 58.2 Å². The number of hydrogen-bond donors (Lipinski definition) is 1. The second-order valence-electron chi connectivity index (χ2n) is 7.45. The van der Waals surface area contributed by atoms with E-state index in [1.165, 1.54) is 0 Å². The normalized spacial score (nSPS) is 24.8. The summed E-state index contributed by atoms with van der Waals surface area (Å²) in [4.78, 5) is 11.3. The number of aromatic nitrogens is 1. The first-order chi connectivity index (χ1) is 11.5. The third-order valence-corrected chi connectivity index (χ3v) is 5.09. The molecular formula is C18H30N4O2. The number of ether oxygens (including phenoxy) is 1. The van der Waals surface area contributed by atoms with E-state index >= 15 is 0 Å². The van der Waals surface area contributed by atoms with Gasteiger partial charge < -0.3 is 14.7 Å². The summed E-state index contributed by atoms with van der Waals surface area (Å²) in [5.74, 6) is 0. The molecule has 0 amide bonds. The summed E-state index contributed by atoms with van der Waals surface area (Å²) in [5, 5.41) is 10.5. The van der Waals surface area contributed by atoms with Crippen molar-refractivity contribution >= 4 is 5.69 Å². The van der Waals surface area contributed by atoms with E-state index in [2.05, 4.69) is 33.5 Å². The first kappa shape index (κ1) is 17.6. The molecule has 6 nitrogen and oxygen atoms in total. The average Bonchev–Trinajstić information content (AvgIpc) is 2.77. The Morgan fingerprint density at radius 2 is 1.83 bits per heavy atom. The van der Waals surface area contributed by atoms with Gasteiger partial charge in [0.25, 0.3) is 0 Å². The fraction of sp³-hybridized carbons (Fsp3) is 0.722. The first-order valence-electron chi connectivity index (χ1n) is 8.93. The van der Waals surface area contributed by atoms with Gasteiger partial charge in [0.1, 0.15) is 0 Å². The lowest BCUT2D eigenvalue weighted by atomic mass is 10.0. The zero-order valence-electron chi connectivity index (χ0n) is 14.9. The van der Waals surface area contributed by atoms with E-state index in [4.69, 9.17) is 4.74 Å². The molecule has 24 heavy (non-hydrogen) atoms. The maximum Gasteiger partial charge on any atom is 0.0841 e. The van der Waals surface area contributed by atoms with Gasteiger partial charge in [-0.2, -0.15) is 0 Å². The lowest BCUT2D eigenvalue weighted by molar-refractivity contribution is -0.0240. The molecule has 2 saturated heterocycles. The summed E-state index contributed by atoms with van der Waals surface area (Å²) in [6, 6.07) is 4.03. The number of morpholine rings is 1. The van der Waals surface area contributed by atoms with Gasteiger partial charge >= 0.3 is 0 Å². The van der Waals surface area contributed by atoms with Crippen molar-refractivity contribution in [3.05, 3.63) is 24.5 Å². The van der Waals surface area contributed by atoms with E-state index in [9.17, 15) is 5.11 Å². The number of aliphatic hydroxyl groups excluding tert-OH is 1. The first-order valence-corrected chi connectivity index (χ1v) is 8.93. The fourth-order valence-electron chi connectivity index (χ4n) is 3.80. The smallest absolute Gasteiger partial charge is 0.0841 e. The van der Waals surface area contributed by atoms with Crippen molar-refractivity contribution in [1.82, 2.24) is 14.8 Å². The molecule has 134 valence electrons. The molecule has 1 aromatic rings. The van der Waals surface area contributed by atoms with E-state index in [1.54, 1.807) is 0 Å². The Morgan fingerprint density at radius 1 is 1.12 bits per heavy atom. The highest BCUT2D eigenvalue weighted by Crippen LogP contribution is 2.20. The topological polar surface area (TPSA) is 52.1 Å². The van der Waals surface area contributed by atoms with Crippen LogP contribution >= 0.6 is 0 Å². The second-order valence-corrected chi connectivity index (χ2v) is 7.45. The van der Waals surface area contributed by atoms with Gasteiger partial charge in [-0.15, -0.1) is 0 Å². The maximum atomic E-state index is 10.5. The summed E-state index contributed by atoms with van der Waals surface area (Å²) in [7, 11) is 0. The van der Waals surface area contributed by atoms with Gasteiger partial charge in [-0.3, -0.25) is 14.8 Å². The highest BCUT2D eigenvalue weighted by molar-refractivity contribution is 5.44. The Bertz CT molecular complexity index is 505. The van der Waals surface area contributed by atoms with E-state index in [-0.39, 0.29) is 11.6 Å². The van der Waals surface area contributed by atoms with Crippen LogP contribution in [0, 0.1) is 0 Å². The molecule has 3 heterocycles. The van der Waals surface area contributed by atoms with Crippen molar-refractivity contribution in [1.29, 1.82) is 0 Å². The fourth-order valence-corrected chi connectivity index (χ4v) is 3.80. The molecule has 1 unspecified atom stereocenters. The predicted molar refractivity (Wildman–Crippen MR) is 95.4 cm³/mol. The minimum atomic E-state index is -0.332. The molecule has 0 spiro atoms. The quantitative estimate of drug-likeness (QED) is 0.874. The van der Waals surface area contributed by atoms with Gasteiger partial charge in [0.15, 0.2) is 0 Å². The summed E-state index contributed by atoms with van der Waals surface area (Å²) in [6.07, 6.45) is 3.29. The van der Waals surface area contributed by atoms with Crippen LogP contribution in [0.2, 0.25) is 0 Å². The Labute approximate surface area is 145 Å². The molecule has 0 aromatic carbocycles. The monoisotopic (exact) mass is 334 g/mol. The number of pyridine rings is 1. The van der Waals surface area contributed by atoms with Crippen molar-refractivity contribution in [2.24, 2.45) is 0 Å². The molecule has 2 aliphatic rings. The molecule has 2 fully saturated rings. The van der Waals surface area contributed by atoms with Crippen LogP contribution in [0.25, 0.3) is 0 Å². The van der Waals surface area contributed by atoms with Crippen molar-refractivity contribution < 1.29 is 9.84 Å². The lowest BCUT2D eigenvalue weighted by Gasteiger charge is -2.43. The number of aliphatic hydroxyl groups is 1. The van der Waals surface area contributed by atoms with Crippen molar-refractivity contribution in [3.63, 3.8) is 0 Å². The van der Waals surface area contributed by atoms with Gasteiger partial charge in [0.2, 0.25) is 0 Å². The molecule has 0 saturated carbocycles. The van der Waals surface area contributed by atoms with Crippen molar-refractivity contribution in [2.75, 3.05) is 63.9 Å². The largest absolute Gasteiger partial charge is 0.390 e. The molecule has 0 radical (unpaired) electrons. The summed E-state index contributed by atoms with van der Waals surface area (Å²) >= 11 is 0. The lowest BCUT2D eigenvalue weighted by Crippen LogP contribution is -2.56. The van der Waals surface area contributed by atoms with Crippen LogP contribution < -0.4 is 4.90 Å². The predicted octanol–water partition coefficient (Wildman–Crippen LogP) is 0.675. The zero-order chi connectivity index (χ0) is 17.0. The van der Waals surface area contributed by atoms with E-state index < -0.39 is 0 Å². The molecule has 6 heteroatoms.